The van der Waals surface area contributed by atoms with Crippen molar-refractivity contribution in [2.24, 2.45) is 0 Å². The second kappa shape index (κ2) is 6.89. The molecule has 3 heteroatoms. The van der Waals surface area contributed by atoms with Gasteiger partial charge in [-0.15, -0.1) is 6.42 Å². The van der Waals surface area contributed by atoms with E-state index in [9.17, 15) is 0 Å². The first-order valence-electron chi connectivity index (χ1n) is 5.26. The molecule has 3 nitrogen and oxygen atoms in total. The third-order valence-corrected chi connectivity index (χ3v) is 1.99. The van der Waals surface area contributed by atoms with E-state index in [1.54, 1.807) is 6.92 Å². The third kappa shape index (κ3) is 4.83. The van der Waals surface area contributed by atoms with Crippen LogP contribution in [0.15, 0.2) is 24.3 Å². The van der Waals surface area contributed by atoms with Gasteiger partial charge in [0, 0.05) is 13.1 Å². The predicted octanol–water partition coefficient (Wildman–Crippen LogP) is 1.17. The van der Waals surface area contributed by atoms with Crippen molar-refractivity contribution in [1.82, 2.24) is 5.32 Å². The molecule has 0 aliphatic rings. The second-order valence-corrected chi connectivity index (χ2v) is 3.62. The van der Waals surface area contributed by atoms with Crippen molar-refractivity contribution >= 4 is 0 Å². The average Bonchev–Trinajstić information content (AvgIpc) is 2.26. The summed E-state index contributed by atoms with van der Waals surface area (Å²) in [6.45, 7) is 3.32. The van der Waals surface area contributed by atoms with Crippen molar-refractivity contribution in [3.63, 3.8) is 0 Å². The molecule has 0 saturated heterocycles. The number of aliphatic hydroxyl groups excluding tert-OH is 1. The predicted molar refractivity (Wildman–Crippen MR) is 64.2 cm³/mol. The Balaban J connectivity index is 2.44. The number of hydrogen-bond donors (Lipinski definition) is 2. The first-order valence-corrected chi connectivity index (χ1v) is 5.26. The monoisotopic (exact) mass is 219 g/mol. The number of nitrogens with one attached hydrogen (secondary N) is 1. The minimum absolute atomic E-state index is 0.282. The molecule has 0 aliphatic heterocycles. The fourth-order valence-electron chi connectivity index (χ4n) is 1.30. The molecule has 1 aromatic rings. The normalized spacial score (nSPS) is 11.8. The van der Waals surface area contributed by atoms with Gasteiger partial charge < -0.3 is 15.2 Å². The molecule has 0 amide bonds. The summed E-state index contributed by atoms with van der Waals surface area (Å²) in [5, 5.41) is 12.2. The number of hydrogen-bond acceptors (Lipinski definition) is 3. The molecule has 0 aromatic heterocycles. The Kier molecular flexibility index (Phi) is 5.41. The van der Waals surface area contributed by atoms with Gasteiger partial charge in [0.05, 0.1) is 6.10 Å². The van der Waals surface area contributed by atoms with E-state index in [-0.39, 0.29) is 12.7 Å². The molecule has 0 heterocycles. The molecule has 0 saturated carbocycles. The maximum absolute atomic E-state index is 9.09. The molecule has 16 heavy (non-hydrogen) atoms. The third-order valence-electron chi connectivity index (χ3n) is 1.99. The lowest BCUT2D eigenvalue weighted by Gasteiger charge is -2.08. The van der Waals surface area contributed by atoms with Crippen LogP contribution in [0.25, 0.3) is 0 Å². The van der Waals surface area contributed by atoms with Gasteiger partial charge in [-0.1, -0.05) is 18.1 Å². The zero-order valence-electron chi connectivity index (χ0n) is 9.44. The van der Waals surface area contributed by atoms with Gasteiger partial charge in [0.15, 0.2) is 0 Å². The number of aliphatic hydroxyl groups is 1. The molecule has 0 bridgehead atoms. The van der Waals surface area contributed by atoms with E-state index in [0.29, 0.717) is 13.1 Å². The Bertz CT molecular complexity index is 355. The van der Waals surface area contributed by atoms with Gasteiger partial charge in [-0.25, -0.2) is 0 Å². The molecule has 1 atom stereocenters. The van der Waals surface area contributed by atoms with Crippen molar-refractivity contribution in [2.45, 2.75) is 19.6 Å². The standard InChI is InChI=1S/C13H17NO2/c1-3-7-16-13-6-4-5-12(8-13)10-14-9-11(2)15/h1,4-6,8,11,14-15H,7,9-10H2,2H3/t11-/m0/s1. The Morgan fingerprint density at radius 2 is 2.38 bits per heavy atom. The highest BCUT2D eigenvalue weighted by atomic mass is 16.5. The van der Waals surface area contributed by atoms with E-state index < -0.39 is 0 Å². The Morgan fingerprint density at radius 3 is 3.06 bits per heavy atom. The number of terminal acetylenes is 1. The molecular weight excluding hydrogens is 202 g/mol. The molecule has 0 aliphatic carbocycles. The molecular formula is C13H17NO2. The second-order valence-electron chi connectivity index (χ2n) is 3.62. The minimum atomic E-state index is -0.333. The van der Waals surface area contributed by atoms with E-state index in [0.717, 1.165) is 11.3 Å². The smallest absolute Gasteiger partial charge is 0.148 e. The summed E-state index contributed by atoms with van der Waals surface area (Å²) < 4.78 is 5.31. The highest BCUT2D eigenvalue weighted by molar-refractivity contribution is 5.28. The summed E-state index contributed by atoms with van der Waals surface area (Å²) in [7, 11) is 0. The van der Waals surface area contributed by atoms with E-state index in [1.165, 1.54) is 0 Å². The van der Waals surface area contributed by atoms with Crippen LogP contribution in [0, 0.1) is 12.3 Å². The Hall–Kier alpha value is -1.50. The maximum Gasteiger partial charge on any atom is 0.148 e. The van der Waals surface area contributed by atoms with Crippen LogP contribution < -0.4 is 10.1 Å². The molecule has 0 unspecified atom stereocenters. The van der Waals surface area contributed by atoms with Gasteiger partial charge in [-0.3, -0.25) is 0 Å². The fourth-order valence-corrected chi connectivity index (χ4v) is 1.30. The van der Waals surface area contributed by atoms with Gasteiger partial charge in [0.25, 0.3) is 0 Å². The molecule has 86 valence electrons. The van der Waals surface area contributed by atoms with Crippen LogP contribution in [0.1, 0.15) is 12.5 Å². The molecule has 0 radical (unpaired) electrons. The SMILES string of the molecule is C#CCOc1cccc(CNC[C@H](C)O)c1. The molecule has 1 rings (SSSR count). The summed E-state index contributed by atoms with van der Waals surface area (Å²) >= 11 is 0. The topological polar surface area (TPSA) is 41.5 Å². The van der Waals surface area contributed by atoms with Gasteiger partial charge in [-0.2, -0.15) is 0 Å². The minimum Gasteiger partial charge on any atom is -0.481 e. The van der Waals surface area contributed by atoms with Crippen molar-refractivity contribution in [3.8, 4) is 18.1 Å². The highest BCUT2D eigenvalue weighted by Crippen LogP contribution is 2.12. The van der Waals surface area contributed by atoms with Gasteiger partial charge in [0.1, 0.15) is 12.4 Å². The largest absolute Gasteiger partial charge is 0.481 e. The quantitative estimate of drug-likeness (QED) is 0.706. The summed E-state index contributed by atoms with van der Waals surface area (Å²) in [6, 6.07) is 7.73. The molecule has 0 spiro atoms. The van der Waals surface area contributed by atoms with Gasteiger partial charge in [0.2, 0.25) is 0 Å². The summed E-state index contributed by atoms with van der Waals surface area (Å²) in [6.07, 6.45) is 4.78. The summed E-state index contributed by atoms with van der Waals surface area (Å²) in [5.74, 6) is 3.20. The average molecular weight is 219 g/mol. The van der Waals surface area contributed by atoms with E-state index in [1.807, 2.05) is 24.3 Å². The van der Waals surface area contributed by atoms with Crippen LogP contribution in [0.5, 0.6) is 5.75 Å². The molecule has 2 N–H and O–H groups in total. The van der Waals surface area contributed by atoms with Crippen molar-refractivity contribution < 1.29 is 9.84 Å². The lowest BCUT2D eigenvalue weighted by molar-refractivity contribution is 0.191. The molecule has 0 fully saturated rings. The molecule has 1 aromatic carbocycles. The van der Waals surface area contributed by atoms with Crippen LogP contribution >= 0.6 is 0 Å². The Labute approximate surface area is 96.4 Å². The van der Waals surface area contributed by atoms with Crippen molar-refractivity contribution in [3.05, 3.63) is 29.8 Å². The zero-order valence-corrected chi connectivity index (χ0v) is 9.44. The van der Waals surface area contributed by atoms with Crippen LogP contribution in [0.3, 0.4) is 0 Å². The number of ether oxygens (including phenoxy) is 1. The van der Waals surface area contributed by atoms with Gasteiger partial charge >= 0.3 is 0 Å². The Morgan fingerprint density at radius 1 is 1.56 bits per heavy atom. The van der Waals surface area contributed by atoms with Crippen molar-refractivity contribution in [1.29, 1.82) is 0 Å². The lowest BCUT2D eigenvalue weighted by atomic mass is 10.2. The van der Waals surface area contributed by atoms with E-state index in [2.05, 4.69) is 11.2 Å². The van der Waals surface area contributed by atoms with Crippen molar-refractivity contribution in [2.75, 3.05) is 13.2 Å². The summed E-state index contributed by atoms with van der Waals surface area (Å²) in [4.78, 5) is 0. The van der Waals surface area contributed by atoms with Crippen LogP contribution in [0.4, 0.5) is 0 Å². The lowest BCUT2D eigenvalue weighted by Crippen LogP contribution is -2.23. The van der Waals surface area contributed by atoms with E-state index >= 15 is 0 Å². The zero-order chi connectivity index (χ0) is 11.8. The maximum atomic E-state index is 9.09. The van der Waals surface area contributed by atoms with Crippen LogP contribution in [-0.4, -0.2) is 24.4 Å². The fraction of sp³-hybridized carbons (Fsp3) is 0.385. The number of benzene rings is 1. The number of rotatable bonds is 6. The summed E-state index contributed by atoms with van der Waals surface area (Å²) in [5.41, 5.74) is 1.11. The van der Waals surface area contributed by atoms with E-state index in [4.69, 9.17) is 16.3 Å². The first-order chi connectivity index (χ1) is 7.72. The highest BCUT2D eigenvalue weighted by Gasteiger charge is 1.98. The van der Waals surface area contributed by atoms with Crippen LogP contribution in [-0.2, 0) is 6.54 Å². The van der Waals surface area contributed by atoms with Crippen LogP contribution in [0.2, 0.25) is 0 Å². The first kappa shape index (κ1) is 12.6. The van der Waals surface area contributed by atoms with Gasteiger partial charge in [-0.05, 0) is 24.6 Å².